The first kappa shape index (κ1) is 12.1. The number of hydrogen-bond acceptors (Lipinski definition) is 2. The Hall–Kier alpha value is -2.92. The quantitative estimate of drug-likeness (QED) is 0.686. The van der Waals surface area contributed by atoms with Crippen molar-refractivity contribution < 1.29 is 0 Å². The highest BCUT2D eigenvalue weighted by Gasteiger charge is 2.06. The monoisotopic (exact) mass is 256 g/mol. The molecule has 1 heterocycles. The Kier molecular flexibility index (Phi) is 3.26. The molecule has 94 valence electrons. The molecule has 0 N–H and O–H groups in total. The van der Waals surface area contributed by atoms with E-state index in [2.05, 4.69) is 29.3 Å². The lowest BCUT2D eigenvalue weighted by molar-refractivity contribution is 1.32. The van der Waals surface area contributed by atoms with Gasteiger partial charge in [0.2, 0.25) is 0 Å². The van der Waals surface area contributed by atoms with Crippen molar-refractivity contribution in [2.75, 3.05) is 0 Å². The molecular weight excluding hydrogens is 244 g/mol. The second-order valence-corrected chi connectivity index (χ2v) is 4.49. The minimum absolute atomic E-state index is 0.666. The van der Waals surface area contributed by atoms with Gasteiger partial charge >= 0.3 is 0 Å². The average molecular weight is 256 g/mol. The van der Waals surface area contributed by atoms with E-state index in [9.17, 15) is 5.26 Å². The Balaban J connectivity index is 2.11. The number of pyridine rings is 1. The molecule has 0 saturated carbocycles. The van der Waals surface area contributed by atoms with Crippen LogP contribution in [0.3, 0.4) is 0 Å². The van der Waals surface area contributed by atoms with Crippen LogP contribution in [-0.2, 0) is 0 Å². The second-order valence-electron chi connectivity index (χ2n) is 4.49. The number of nitriles is 1. The summed E-state index contributed by atoms with van der Waals surface area (Å²) in [5.41, 5.74) is 4.72. The van der Waals surface area contributed by atoms with Crippen molar-refractivity contribution in [3.8, 4) is 28.3 Å². The molecule has 3 rings (SSSR count). The molecule has 3 aromatic rings. The van der Waals surface area contributed by atoms with Crippen molar-refractivity contribution >= 4 is 0 Å². The van der Waals surface area contributed by atoms with E-state index in [-0.39, 0.29) is 0 Å². The molecule has 0 unspecified atom stereocenters. The fourth-order valence-electron chi connectivity index (χ4n) is 2.21. The molecule has 2 aromatic carbocycles. The fraction of sp³-hybridized carbons (Fsp3) is 0. The van der Waals surface area contributed by atoms with Crippen LogP contribution < -0.4 is 0 Å². The van der Waals surface area contributed by atoms with Gasteiger partial charge in [-0.3, -0.25) is 4.98 Å². The SMILES string of the molecule is N#Cc1ccccc1-c1cncc(-c2ccccc2)c1. The smallest absolute Gasteiger partial charge is 0.0998 e. The van der Waals surface area contributed by atoms with Crippen LogP contribution in [0.1, 0.15) is 5.56 Å². The van der Waals surface area contributed by atoms with E-state index in [1.54, 1.807) is 6.20 Å². The predicted octanol–water partition coefficient (Wildman–Crippen LogP) is 4.29. The summed E-state index contributed by atoms with van der Waals surface area (Å²) in [4.78, 5) is 4.30. The fourth-order valence-corrected chi connectivity index (χ4v) is 2.21. The van der Waals surface area contributed by atoms with Crippen molar-refractivity contribution in [2.24, 2.45) is 0 Å². The lowest BCUT2D eigenvalue weighted by Gasteiger charge is -2.06. The maximum Gasteiger partial charge on any atom is 0.0998 e. The summed E-state index contributed by atoms with van der Waals surface area (Å²) in [7, 11) is 0. The minimum atomic E-state index is 0.666. The molecule has 0 bridgehead atoms. The van der Waals surface area contributed by atoms with Gasteiger partial charge < -0.3 is 0 Å². The lowest BCUT2D eigenvalue weighted by atomic mass is 9.99. The molecule has 2 nitrogen and oxygen atoms in total. The summed E-state index contributed by atoms with van der Waals surface area (Å²) in [6.45, 7) is 0. The third-order valence-corrected chi connectivity index (χ3v) is 3.20. The number of benzene rings is 2. The molecule has 0 spiro atoms. The summed E-state index contributed by atoms with van der Waals surface area (Å²) >= 11 is 0. The zero-order valence-corrected chi connectivity index (χ0v) is 10.8. The Morgan fingerprint density at radius 2 is 1.45 bits per heavy atom. The molecule has 0 amide bonds. The predicted molar refractivity (Wildman–Crippen MR) is 79.8 cm³/mol. The number of nitrogens with zero attached hydrogens (tertiary/aromatic N) is 2. The van der Waals surface area contributed by atoms with Gasteiger partial charge in [-0.05, 0) is 17.7 Å². The zero-order chi connectivity index (χ0) is 13.8. The summed E-state index contributed by atoms with van der Waals surface area (Å²) in [5.74, 6) is 0. The number of hydrogen-bond donors (Lipinski definition) is 0. The first-order valence-corrected chi connectivity index (χ1v) is 6.38. The van der Waals surface area contributed by atoms with Gasteiger partial charge in [0.05, 0.1) is 11.6 Å². The van der Waals surface area contributed by atoms with Crippen LogP contribution in [0.25, 0.3) is 22.3 Å². The Morgan fingerprint density at radius 1 is 0.750 bits per heavy atom. The summed E-state index contributed by atoms with van der Waals surface area (Å²) in [6, 6.07) is 22.0. The average Bonchev–Trinajstić information content (AvgIpc) is 2.56. The van der Waals surface area contributed by atoms with Crippen molar-refractivity contribution in [3.05, 3.63) is 78.6 Å². The highest BCUT2D eigenvalue weighted by atomic mass is 14.6. The van der Waals surface area contributed by atoms with Crippen molar-refractivity contribution in [3.63, 3.8) is 0 Å². The zero-order valence-electron chi connectivity index (χ0n) is 10.8. The first-order chi connectivity index (χ1) is 9.88. The van der Waals surface area contributed by atoms with Crippen LogP contribution in [0.5, 0.6) is 0 Å². The van der Waals surface area contributed by atoms with Gasteiger partial charge in [-0.25, -0.2) is 0 Å². The Bertz CT molecular complexity index is 771. The highest BCUT2D eigenvalue weighted by Crippen LogP contribution is 2.27. The third-order valence-electron chi connectivity index (χ3n) is 3.20. The minimum Gasteiger partial charge on any atom is -0.263 e. The molecule has 0 saturated heterocycles. The van der Waals surface area contributed by atoms with Crippen LogP contribution in [-0.4, -0.2) is 4.98 Å². The van der Waals surface area contributed by atoms with Crippen molar-refractivity contribution in [1.29, 1.82) is 5.26 Å². The van der Waals surface area contributed by atoms with E-state index < -0.39 is 0 Å². The topological polar surface area (TPSA) is 36.7 Å². The molecule has 0 aliphatic carbocycles. The van der Waals surface area contributed by atoms with Crippen LogP contribution in [0, 0.1) is 11.3 Å². The van der Waals surface area contributed by atoms with Crippen LogP contribution in [0.4, 0.5) is 0 Å². The van der Waals surface area contributed by atoms with Gasteiger partial charge in [-0.2, -0.15) is 5.26 Å². The summed E-state index contributed by atoms with van der Waals surface area (Å²) in [5, 5.41) is 9.20. The summed E-state index contributed by atoms with van der Waals surface area (Å²) < 4.78 is 0. The lowest BCUT2D eigenvalue weighted by Crippen LogP contribution is -1.87. The van der Waals surface area contributed by atoms with E-state index in [0.717, 1.165) is 22.3 Å². The molecular formula is C18H12N2. The molecule has 0 aliphatic rings. The van der Waals surface area contributed by atoms with Gasteiger partial charge in [0, 0.05) is 29.1 Å². The largest absolute Gasteiger partial charge is 0.263 e. The van der Waals surface area contributed by atoms with E-state index in [1.165, 1.54) is 0 Å². The van der Waals surface area contributed by atoms with Gasteiger partial charge in [-0.1, -0.05) is 48.5 Å². The van der Waals surface area contributed by atoms with E-state index >= 15 is 0 Å². The molecule has 0 fully saturated rings. The maximum absolute atomic E-state index is 9.20. The molecule has 0 radical (unpaired) electrons. The van der Waals surface area contributed by atoms with Crippen molar-refractivity contribution in [2.45, 2.75) is 0 Å². The van der Waals surface area contributed by atoms with Gasteiger partial charge in [0.1, 0.15) is 0 Å². The normalized spacial score (nSPS) is 9.95. The van der Waals surface area contributed by atoms with Crippen LogP contribution in [0.2, 0.25) is 0 Å². The first-order valence-electron chi connectivity index (χ1n) is 6.38. The van der Waals surface area contributed by atoms with Crippen LogP contribution in [0.15, 0.2) is 73.1 Å². The highest BCUT2D eigenvalue weighted by molar-refractivity contribution is 5.75. The maximum atomic E-state index is 9.20. The molecule has 0 aliphatic heterocycles. The standard InChI is InChI=1S/C18H12N2/c19-11-15-8-4-5-9-18(15)17-10-16(12-20-13-17)14-6-2-1-3-7-14/h1-10,12-13H. The third kappa shape index (κ3) is 2.30. The number of rotatable bonds is 2. The summed E-state index contributed by atoms with van der Waals surface area (Å²) in [6.07, 6.45) is 3.64. The molecule has 0 atom stereocenters. The van der Waals surface area contributed by atoms with Gasteiger partial charge in [0.15, 0.2) is 0 Å². The van der Waals surface area contributed by atoms with E-state index in [0.29, 0.717) is 5.56 Å². The molecule has 2 heteroatoms. The van der Waals surface area contributed by atoms with E-state index in [1.807, 2.05) is 48.7 Å². The van der Waals surface area contributed by atoms with Crippen LogP contribution >= 0.6 is 0 Å². The number of aromatic nitrogens is 1. The van der Waals surface area contributed by atoms with Gasteiger partial charge in [0.25, 0.3) is 0 Å². The molecule has 20 heavy (non-hydrogen) atoms. The Morgan fingerprint density at radius 3 is 2.25 bits per heavy atom. The van der Waals surface area contributed by atoms with Crippen molar-refractivity contribution in [1.82, 2.24) is 4.98 Å². The Labute approximate surface area is 118 Å². The second kappa shape index (κ2) is 5.38. The molecule has 1 aromatic heterocycles. The van der Waals surface area contributed by atoms with E-state index in [4.69, 9.17) is 0 Å². The van der Waals surface area contributed by atoms with Gasteiger partial charge in [-0.15, -0.1) is 0 Å².